The molecule has 0 aromatic heterocycles. The minimum absolute atomic E-state index is 0.00794. The van der Waals surface area contributed by atoms with Crippen molar-refractivity contribution >= 4 is 11.6 Å². The van der Waals surface area contributed by atoms with E-state index in [1.165, 1.54) is 44.9 Å². The van der Waals surface area contributed by atoms with Gasteiger partial charge in [-0.25, -0.2) is 0 Å². The molecular formula is C17H24ClNO2. The summed E-state index contributed by atoms with van der Waals surface area (Å²) in [6, 6.07) is 3.83. The van der Waals surface area contributed by atoms with Crippen LogP contribution in [0.25, 0.3) is 0 Å². The number of benzene rings is 1. The average molecular weight is 310 g/mol. The van der Waals surface area contributed by atoms with E-state index < -0.39 is 0 Å². The lowest BCUT2D eigenvalue weighted by Gasteiger charge is -2.28. The minimum Gasteiger partial charge on any atom is -0.486 e. The highest BCUT2D eigenvalue weighted by molar-refractivity contribution is 6.31. The summed E-state index contributed by atoms with van der Waals surface area (Å²) in [6.07, 6.45) is 8.99. The molecule has 4 heteroatoms. The molecule has 1 aliphatic carbocycles. The van der Waals surface area contributed by atoms with E-state index in [9.17, 15) is 0 Å². The van der Waals surface area contributed by atoms with Crippen molar-refractivity contribution in [3.8, 4) is 11.5 Å². The Morgan fingerprint density at radius 2 is 1.52 bits per heavy atom. The molecule has 0 bridgehead atoms. The van der Waals surface area contributed by atoms with Gasteiger partial charge >= 0.3 is 0 Å². The van der Waals surface area contributed by atoms with Crippen molar-refractivity contribution in [3.63, 3.8) is 0 Å². The van der Waals surface area contributed by atoms with Crippen LogP contribution in [0.1, 0.15) is 56.6 Å². The van der Waals surface area contributed by atoms with E-state index >= 15 is 0 Å². The molecule has 2 N–H and O–H groups in total. The maximum Gasteiger partial charge on any atom is 0.162 e. The summed E-state index contributed by atoms with van der Waals surface area (Å²) in [5.74, 6) is 2.03. The van der Waals surface area contributed by atoms with Gasteiger partial charge in [-0.05, 0) is 30.4 Å². The molecule has 0 amide bonds. The maximum absolute atomic E-state index is 6.54. The summed E-state index contributed by atoms with van der Waals surface area (Å²) in [6.45, 7) is 1.17. The highest BCUT2D eigenvalue weighted by Crippen LogP contribution is 2.40. The van der Waals surface area contributed by atoms with E-state index in [-0.39, 0.29) is 6.04 Å². The van der Waals surface area contributed by atoms with E-state index in [0.29, 0.717) is 24.2 Å². The van der Waals surface area contributed by atoms with Crippen molar-refractivity contribution in [2.45, 2.75) is 51.0 Å². The topological polar surface area (TPSA) is 44.5 Å². The van der Waals surface area contributed by atoms with Gasteiger partial charge in [0.05, 0.1) is 0 Å². The molecule has 1 aromatic rings. The summed E-state index contributed by atoms with van der Waals surface area (Å²) in [4.78, 5) is 0. The number of hydrogen-bond acceptors (Lipinski definition) is 3. The van der Waals surface area contributed by atoms with Crippen molar-refractivity contribution in [1.82, 2.24) is 0 Å². The number of fused-ring (bicyclic) bond motifs is 1. The van der Waals surface area contributed by atoms with Gasteiger partial charge in [-0.2, -0.15) is 0 Å². The third-order valence-corrected chi connectivity index (χ3v) is 5.01. The first-order chi connectivity index (χ1) is 10.3. The van der Waals surface area contributed by atoms with Crippen molar-refractivity contribution in [3.05, 3.63) is 22.7 Å². The largest absolute Gasteiger partial charge is 0.486 e. The van der Waals surface area contributed by atoms with Gasteiger partial charge in [-0.3, -0.25) is 0 Å². The standard InChI is InChI=1S/C17H24ClNO2/c18-14-11-16-15(20-8-9-21-16)10-13(14)17(19)12-6-4-2-1-3-5-7-12/h10-12,17H,1-9,19H2. The van der Waals surface area contributed by atoms with Gasteiger partial charge in [0.2, 0.25) is 0 Å². The van der Waals surface area contributed by atoms with E-state index in [4.69, 9.17) is 26.8 Å². The maximum atomic E-state index is 6.54. The normalized spacial score (nSPS) is 21.4. The third kappa shape index (κ3) is 3.46. The van der Waals surface area contributed by atoms with Crippen LogP contribution in [0.4, 0.5) is 0 Å². The Bertz CT molecular complexity index is 484. The molecule has 0 saturated heterocycles. The molecule has 21 heavy (non-hydrogen) atoms. The fourth-order valence-electron chi connectivity index (χ4n) is 3.44. The number of rotatable bonds is 2. The highest BCUT2D eigenvalue weighted by atomic mass is 35.5. The van der Waals surface area contributed by atoms with Gasteiger partial charge < -0.3 is 15.2 Å². The Kier molecular flexibility index (Phi) is 4.91. The molecule has 0 spiro atoms. The molecule has 3 nitrogen and oxygen atoms in total. The SMILES string of the molecule is NC(c1cc2c(cc1Cl)OCCO2)C1CCCCCCC1. The average Bonchev–Trinajstić information content (AvgIpc) is 2.45. The zero-order chi connectivity index (χ0) is 14.7. The van der Waals surface area contributed by atoms with Crippen LogP contribution in [0.15, 0.2) is 12.1 Å². The smallest absolute Gasteiger partial charge is 0.162 e. The molecule has 1 saturated carbocycles. The van der Waals surface area contributed by atoms with Crippen molar-refractivity contribution in [2.24, 2.45) is 11.7 Å². The molecule has 1 aromatic carbocycles. The lowest BCUT2D eigenvalue weighted by molar-refractivity contribution is 0.171. The Morgan fingerprint density at radius 3 is 2.19 bits per heavy atom. The number of hydrogen-bond donors (Lipinski definition) is 1. The molecule has 1 unspecified atom stereocenters. The Morgan fingerprint density at radius 1 is 0.952 bits per heavy atom. The third-order valence-electron chi connectivity index (χ3n) is 4.68. The van der Waals surface area contributed by atoms with Crippen molar-refractivity contribution in [2.75, 3.05) is 13.2 Å². The summed E-state index contributed by atoms with van der Waals surface area (Å²) < 4.78 is 11.2. The quantitative estimate of drug-likeness (QED) is 0.876. The van der Waals surface area contributed by atoms with Crippen LogP contribution in [-0.2, 0) is 0 Å². The lowest BCUT2D eigenvalue weighted by atomic mass is 9.83. The van der Waals surface area contributed by atoms with E-state index in [2.05, 4.69) is 0 Å². The zero-order valence-electron chi connectivity index (χ0n) is 12.4. The van der Waals surface area contributed by atoms with Crippen LogP contribution in [0.3, 0.4) is 0 Å². The molecule has 0 radical (unpaired) electrons. The van der Waals surface area contributed by atoms with E-state index in [1.54, 1.807) is 0 Å². The fourth-order valence-corrected chi connectivity index (χ4v) is 3.72. The van der Waals surface area contributed by atoms with E-state index in [0.717, 1.165) is 17.1 Å². The van der Waals surface area contributed by atoms with Gasteiger partial charge in [-0.1, -0.05) is 43.7 Å². The van der Waals surface area contributed by atoms with Crippen LogP contribution < -0.4 is 15.2 Å². The van der Waals surface area contributed by atoms with Crippen molar-refractivity contribution < 1.29 is 9.47 Å². The molecular weight excluding hydrogens is 286 g/mol. The van der Waals surface area contributed by atoms with Crippen LogP contribution >= 0.6 is 11.6 Å². The summed E-state index contributed by atoms with van der Waals surface area (Å²) in [5, 5.41) is 0.703. The predicted molar refractivity (Wildman–Crippen MR) is 85.2 cm³/mol. The molecule has 1 aliphatic heterocycles. The van der Waals surface area contributed by atoms with Gasteiger partial charge in [0.1, 0.15) is 13.2 Å². The van der Waals surface area contributed by atoms with E-state index in [1.807, 2.05) is 12.1 Å². The summed E-state index contributed by atoms with van der Waals surface area (Å²) in [7, 11) is 0. The van der Waals surface area contributed by atoms with Gasteiger partial charge in [0, 0.05) is 17.1 Å². The number of ether oxygens (including phenoxy) is 2. The van der Waals surface area contributed by atoms with Gasteiger partial charge in [0.15, 0.2) is 11.5 Å². The highest BCUT2D eigenvalue weighted by Gasteiger charge is 2.24. The molecule has 1 fully saturated rings. The van der Waals surface area contributed by atoms with Crippen molar-refractivity contribution in [1.29, 1.82) is 0 Å². The molecule has 1 heterocycles. The fraction of sp³-hybridized carbons (Fsp3) is 0.647. The lowest BCUT2D eigenvalue weighted by Crippen LogP contribution is -2.23. The van der Waals surface area contributed by atoms with Crippen LogP contribution in [0.2, 0.25) is 5.02 Å². The zero-order valence-corrected chi connectivity index (χ0v) is 13.2. The molecule has 1 atom stereocenters. The summed E-state index contributed by atoms with van der Waals surface area (Å²) >= 11 is 6.43. The Labute approximate surface area is 131 Å². The minimum atomic E-state index is -0.00794. The second-order valence-corrected chi connectivity index (χ2v) is 6.56. The number of halogens is 1. The molecule has 3 rings (SSSR count). The van der Waals surface area contributed by atoms with Crippen LogP contribution in [-0.4, -0.2) is 13.2 Å². The Hall–Kier alpha value is -0.930. The first kappa shape index (κ1) is 15.0. The predicted octanol–water partition coefficient (Wildman–Crippen LogP) is 4.47. The molecule has 116 valence electrons. The molecule has 2 aliphatic rings. The van der Waals surface area contributed by atoms with Gasteiger partial charge in [0.25, 0.3) is 0 Å². The van der Waals surface area contributed by atoms with Gasteiger partial charge in [-0.15, -0.1) is 0 Å². The monoisotopic (exact) mass is 309 g/mol. The second kappa shape index (κ2) is 6.89. The van der Waals surface area contributed by atoms with Crippen LogP contribution in [0.5, 0.6) is 11.5 Å². The Balaban J connectivity index is 1.80. The summed E-state index contributed by atoms with van der Waals surface area (Å²) in [5.41, 5.74) is 7.55. The van der Waals surface area contributed by atoms with Crippen LogP contribution in [0, 0.1) is 5.92 Å². The first-order valence-corrected chi connectivity index (χ1v) is 8.48. The number of nitrogens with two attached hydrogens (primary N) is 1. The second-order valence-electron chi connectivity index (χ2n) is 6.15. The first-order valence-electron chi connectivity index (χ1n) is 8.10.